The molecule has 0 fully saturated rings. The zero-order valence-electron chi connectivity index (χ0n) is 6.86. The first-order valence-corrected chi connectivity index (χ1v) is 3.79. The summed E-state index contributed by atoms with van der Waals surface area (Å²) in [5.41, 5.74) is 0.396. The maximum absolute atomic E-state index is 9.27. The molecule has 3 heteroatoms. The van der Waals surface area contributed by atoms with E-state index in [0.717, 1.165) is 0 Å². The SMILES string of the molecule is CC(O)Cc1c(O)cccc1O. The van der Waals surface area contributed by atoms with E-state index in [0.29, 0.717) is 5.56 Å². The van der Waals surface area contributed by atoms with Crippen LogP contribution >= 0.6 is 0 Å². The molecular formula is C9H12O3. The van der Waals surface area contributed by atoms with Gasteiger partial charge >= 0.3 is 0 Å². The van der Waals surface area contributed by atoms with Gasteiger partial charge in [-0.2, -0.15) is 0 Å². The summed E-state index contributed by atoms with van der Waals surface area (Å²) in [7, 11) is 0. The van der Waals surface area contributed by atoms with Gasteiger partial charge in [-0.05, 0) is 19.1 Å². The molecule has 1 aromatic rings. The Hall–Kier alpha value is -1.22. The Morgan fingerprint density at radius 3 is 2.17 bits per heavy atom. The van der Waals surface area contributed by atoms with Crippen molar-refractivity contribution in [2.45, 2.75) is 19.4 Å². The Balaban J connectivity index is 2.96. The van der Waals surface area contributed by atoms with Crippen LogP contribution < -0.4 is 0 Å². The molecule has 0 aromatic heterocycles. The van der Waals surface area contributed by atoms with E-state index in [2.05, 4.69) is 0 Å². The number of aromatic hydroxyl groups is 2. The summed E-state index contributed by atoms with van der Waals surface area (Å²) in [4.78, 5) is 0. The fourth-order valence-corrected chi connectivity index (χ4v) is 1.07. The summed E-state index contributed by atoms with van der Waals surface area (Å²) in [5, 5.41) is 27.6. The molecule has 66 valence electrons. The van der Waals surface area contributed by atoms with Crippen LogP contribution in [0.4, 0.5) is 0 Å². The van der Waals surface area contributed by atoms with E-state index in [9.17, 15) is 10.2 Å². The van der Waals surface area contributed by atoms with Gasteiger partial charge in [0.05, 0.1) is 6.10 Å². The highest BCUT2D eigenvalue weighted by molar-refractivity contribution is 5.43. The molecule has 0 bridgehead atoms. The fourth-order valence-electron chi connectivity index (χ4n) is 1.07. The van der Waals surface area contributed by atoms with E-state index in [-0.39, 0.29) is 17.9 Å². The zero-order chi connectivity index (χ0) is 9.14. The quantitative estimate of drug-likeness (QED) is 0.618. The van der Waals surface area contributed by atoms with Gasteiger partial charge in [0.1, 0.15) is 11.5 Å². The molecule has 0 radical (unpaired) electrons. The molecule has 3 nitrogen and oxygen atoms in total. The normalized spacial score (nSPS) is 12.8. The third kappa shape index (κ3) is 1.89. The first-order chi connectivity index (χ1) is 5.61. The van der Waals surface area contributed by atoms with Gasteiger partial charge in [0.15, 0.2) is 0 Å². The van der Waals surface area contributed by atoms with Gasteiger partial charge in [-0.3, -0.25) is 0 Å². The molecule has 0 aliphatic heterocycles. The van der Waals surface area contributed by atoms with E-state index in [4.69, 9.17) is 5.11 Å². The molecule has 0 amide bonds. The Bertz CT molecular complexity index is 248. The molecule has 1 unspecified atom stereocenters. The molecule has 12 heavy (non-hydrogen) atoms. The summed E-state index contributed by atoms with van der Waals surface area (Å²) < 4.78 is 0. The van der Waals surface area contributed by atoms with Crippen LogP contribution in [0.3, 0.4) is 0 Å². The van der Waals surface area contributed by atoms with Gasteiger partial charge in [-0.1, -0.05) is 6.07 Å². The van der Waals surface area contributed by atoms with E-state index < -0.39 is 6.10 Å². The molecule has 0 heterocycles. The number of hydrogen-bond acceptors (Lipinski definition) is 3. The topological polar surface area (TPSA) is 60.7 Å². The Morgan fingerprint density at radius 2 is 1.75 bits per heavy atom. The van der Waals surface area contributed by atoms with E-state index >= 15 is 0 Å². The van der Waals surface area contributed by atoms with Gasteiger partial charge in [0, 0.05) is 12.0 Å². The lowest BCUT2D eigenvalue weighted by Crippen LogP contribution is -2.04. The number of phenols is 2. The Labute approximate surface area is 70.9 Å². The predicted octanol–water partition coefficient (Wildman–Crippen LogP) is 1.02. The molecule has 1 rings (SSSR count). The van der Waals surface area contributed by atoms with Crippen molar-refractivity contribution in [3.63, 3.8) is 0 Å². The van der Waals surface area contributed by atoms with E-state index in [1.54, 1.807) is 13.0 Å². The van der Waals surface area contributed by atoms with E-state index in [1.165, 1.54) is 12.1 Å². The first-order valence-electron chi connectivity index (χ1n) is 3.79. The number of aliphatic hydroxyl groups is 1. The predicted molar refractivity (Wildman–Crippen MR) is 45.2 cm³/mol. The first kappa shape index (κ1) is 8.87. The zero-order valence-corrected chi connectivity index (χ0v) is 6.86. The van der Waals surface area contributed by atoms with Crippen molar-refractivity contribution in [2.24, 2.45) is 0 Å². The maximum atomic E-state index is 9.27. The Kier molecular flexibility index (Phi) is 2.55. The standard InChI is InChI=1S/C9H12O3/c1-6(10)5-7-8(11)3-2-4-9(7)12/h2-4,6,10-12H,5H2,1H3. The van der Waals surface area contributed by atoms with Crippen LogP contribution in [0.5, 0.6) is 11.5 Å². The summed E-state index contributed by atoms with van der Waals surface area (Å²) in [6.45, 7) is 1.60. The van der Waals surface area contributed by atoms with Crippen LogP contribution in [0.2, 0.25) is 0 Å². The van der Waals surface area contributed by atoms with Crippen molar-refractivity contribution >= 4 is 0 Å². The van der Waals surface area contributed by atoms with Crippen LogP contribution in [-0.4, -0.2) is 21.4 Å². The van der Waals surface area contributed by atoms with Crippen LogP contribution in [0, 0.1) is 0 Å². The summed E-state index contributed by atoms with van der Waals surface area (Å²) in [5.74, 6) is 0.0480. The second kappa shape index (κ2) is 3.45. The molecule has 0 aliphatic carbocycles. The lowest BCUT2D eigenvalue weighted by Gasteiger charge is -2.08. The second-order valence-corrected chi connectivity index (χ2v) is 2.83. The number of rotatable bonds is 2. The molecule has 3 N–H and O–H groups in total. The van der Waals surface area contributed by atoms with Crippen molar-refractivity contribution < 1.29 is 15.3 Å². The number of hydrogen-bond donors (Lipinski definition) is 3. The highest BCUT2D eigenvalue weighted by Crippen LogP contribution is 2.27. The largest absolute Gasteiger partial charge is 0.508 e. The van der Waals surface area contributed by atoms with Crippen molar-refractivity contribution in [1.82, 2.24) is 0 Å². The molecule has 0 saturated heterocycles. The minimum absolute atomic E-state index is 0.0240. The molecule has 0 aliphatic rings. The maximum Gasteiger partial charge on any atom is 0.122 e. The van der Waals surface area contributed by atoms with Crippen LogP contribution in [0.25, 0.3) is 0 Å². The third-order valence-corrected chi connectivity index (χ3v) is 1.63. The Morgan fingerprint density at radius 1 is 1.25 bits per heavy atom. The van der Waals surface area contributed by atoms with E-state index in [1.807, 2.05) is 0 Å². The van der Waals surface area contributed by atoms with Gasteiger partial charge in [0.25, 0.3) is 0 Å². The molecule has 0 saturated carbocycles. The summed E-state index contributed by atoms with van der Waals surface area (Å²) >= 11 is 0. The summed E-state index contributed by atoms with van der Waals surface area (Å²) in [6.07, 6.45) is -0.303. The van der Waals surface area contributed by atoms with Crippen molar-refractivity contribution in [2.75, 3.05) is 0 Å². The van der Waals surface area contributed by atoms with Crippen molar-refractivity contribution in [3.05, 3.63) is 23.8 Å². The summed E-state index contributed by atoms with van der Waals surface area (Å²) in [6, 6.07) is 4.52. The molecule has 1 atom stereocenters. The fraction of sp³-hybridized carbons (Fsp3) is 0.333. The highest BCUT2D eigenvalue weighted by Gasteiger charge is 2.08. The number of phenolic OH excluding ortho intramolecular Hbond substituents is 2. The molecule has 1 aromatic carbocycles. The van der Waals surface area contributed by atoms with Crippen LogP contribution in [0.15, 0.2) is 18.2 Å². The third-order valence-electron chi connectivity index (χ3n) is 1.63. The van der Waals surface area contributed by atoms with Crippen LogP contribution in [-0.2, 0) is 6.42 Å². The van der Waals surface area contributed by atoms with Crippen molar-refractivity contribution in [3.8, 4) is 11.5 Å². The minimum Gasteiger partial charge on any atom is -0.508 e. The van der Waals surface area contributed by atoms with Crippen molar-refractivity contribution in [1.29, 1.82) is 0 Å². The minimum atomic E-state index is -0.566. The van der Waals surface area contributed by atoms with Gasteiger partial charge in [0.2, 0.25) is 0 Å². The lowest BCUT2D eigenvalue weighted by molar-refractivity contribution is 0.193. The monoisotopic (exact) mass is 168 g/mol. The highest BCUT2D eigenvalue weighted by atomic mass is 16.3. The van der Waals surface area contributed by atoms with Gasteiger partial charge in [-0.15, -0.1) is 0 Å². The van der Waals surface area contributed by atoms with Gasteiger partial charge in [-0.25, -0.2) is 0 Å². The molecular weight excluding hydrogens is 156 g/mol. The second-order valence-electron chi connectivity index (χ2n) is 2.83. The lowest BCUT2D eigenvalue weighted by atomic mass is 10.1. The number of benzene rings is 1. The number of aliphatic hydroxyl groups excluding tert-OH is 1. The van der Waals surface area contributed by atoms with Gasteiger partial charge < -0.3 is 15.3 Å². The smallest absolute Gasteiger partial charge is 0.122 e. The van der Waals surface area contributed by atoms with Crippen LogP contribution in [0.1, 0.15) is 12.5 Å². The average Bonchev–Trinajstić information content (AvgIpc) is 1.97. The molecule has 0 spiro atoms. The average molecular weight is 168 g/mol.